The molecule has 9 heteroatoms. The van der Waals surface area contributed by atoms with Gasteiger partial charge in [-0.05, 0) is 39.0 Å². The van der Waals surface area contributed by atoms with E-state index in [2.05, 4.69) is 15.1 Å². The number of hydrogen-bond donors (Lipinski definition) is 0. The maximum absolute atomic E-state index is 12.3. The summed E-state index contributed by atoms with van der Waals surface area (Å²) in [4.78, 5) is 22.6. The summed E-state index contributed by atoms with van der Waals surface area (Å²) in [6.45, 7) is 6.63. The predicted molar refractivity (Wildman–Crippen MR) is 110 cm³/mol. The van der Waals surface area contributed by atoms with Gasteiger partial charge >= 0.3 is 6.09 Å². The average Bonchev–Trinajstić information content (AvgIpc) is 3.31. The van der Waals surface area contributed by atoms with Gasteiger partial charge in [-0.1, -0.05) is 6.07 Å². The minimum absolute atomic E-state index is 0.239. The first-order valence-corrected chi connectivity index (χ1v) is 9.81. The van der Waals surface area contributed by atoms with Crippen LogP contribution in [0, 0.1) is 11.3 Å². The number of nitrogens with zero attached hydrogens (tertiary/aromatic N) is 6. The molecule has 0 aromatic carbocycles. The maximum atomic E-state index is 12.3. The fourth-order valence-corrected chi connectivity index (χ4v) is 3.06. The van der Waals surface area contributed by atoms with Crippen molar-refractivity contribution in [2.75, 3.05) is 0 Å². The van der Waals surface area contributed by atoms with Crippen LogP contribution >= 0.6 is 0 Å². The van der Waals surface area contributed by atoms with Crippen LogP contribution in [-0.4, -0.2) is 36.3 Å². The molecule has 0 saturated carbocycles. The van der Waals surface area contributed by atoms with E-state index in [0.717, 1.165) is 11.3 Å². The van der Waals surface area contributed by atoms with Gasteiger partial charge in [0.15, 0.2) is 5.82 Å². The third-order valence-corrected chi connectivity index (χ3v) is 4.50. The van der Waals surface area contributed by atoms with E-state index in [1.165, 1.54) is 6.20 Å². The van der Waals surface area contributed by atoms with Crippen molar-refractivity contribution in [2.24, 2.45) is 0 Å². The number of carbonyl (C=O) groups is 1. The Kier molecular flexibility index (Phi) is 5.29. The lowest BCUT2D eigenvalue weighted by atomic mass is 10.2. The summed E-state index contributed by atoms with van der Waals surface area (Å²) in [5, 5.41) is 13.4. The van der Waals surface area contributed by atoms with E-state index >= 15 is 0 Å². The average molecular weight is 418 g/mol. The summed E-state index contributed by atoms with van der Waals surface area (Å²) < 4.78 is 12.8. The van der Waals surface area contributed by atoms with E-state index < -0.39 is 5.60 Å². The minimum Gasteiger partial charge on any atom is -0.471 e. The highest BCUT2D eigenvalue weighted by Crippen LogP contribution is 2.25. The van der Waals surface area contributed by atoms with Crippen LogP contribution in [0.4, 0.5) is 4.79 Å². The normalized spacial score (nSPS) is 12.9. The second kappa shape index (κ2) is 8.07. The van der Waals surface area contributed by atoms with Gasteiger partial charge < -0.3 is 9.47 Å². The van der Waals surface area contributed by atoms with Gasteiger partial charge in [0.25, 0.3) is 0 Å². The number of amides is 1. The molecule has 1 amide bonds. The van der Waals surface area contributed by atoms with Crippen LogP contribution in [0.5, 0.6) is 5.88 Å². The molecule has 158 valence electrons. The van der Waals surface area contributed by atoms with Crippen molar-refractivity contribution in [3.63, 3.8) is 0 Å². The first-order valence-electron chi connectivity index (χ1n) is 9.81. The Morgan fingerprint density at radius 2 is 2.06 bits per heavy atom. The van der Waals surface area contributed by atoms with Gasteiger partial charge in [-0.3, -0.25) is 9.88 Å². The number of nitriles is 1. The number of rotatable bonds is 4. The summed E-state index contributed by atoms with van der Waals surface area (Å²) in [6, 6.07) is 10.9. The van der Waals surface area contributed by atoms with Crippen LogP contribution in [0.2, 0.25) is 0 Å². The Hall–Kier alpha value is -3.93. The van der Waals surface area contributed by atoms with E-state index in [-0.39, 0.29) is 12.7 Å². The second-order valence-electron chi connectivity index (χ2n) is 8.15. The van der Waals surface area contributed by atoms with Gasteiger partial charge in [0.1, 0.15) is 18.3 Å². The third kappa shape index (κ3) is 4.80. The van der Waals surface area contributed by atoms with Gasteiger partial charge in [-0.25, -0.2) is 9.48 Å². The minimum atomic E-state index is -0.533. The topological polar surface area (TPSA) is 106 Å². The molecule has 0 spiro atoms. The Morgan fingerprint density at radius 1 is 1.23 bits per heavy atom. The Morgan fingerprint density at radius 3 is 2.74 bits per heavy atom. The molecule has 0 saturated heterocycles. The zero-order valence-corrected chi connectivity index (χ0v) is 17.6. The van der Waals surface area contributed by atoms with Gasteiger partial charge in [-0.15, -0.1) is 0 Å². The van der Waals surface area contributed by atoms with Crippen molar-refractivity contribution in [3.8, 4) is 17.8 Å². The molecule has 0 radical (unpaired) electrons. The molecule has 1 aliphatic heterocycles. The highest BCUT2D eigenvalue weighted by Gasteiger charge is 2.30. The highest BCUT2D eigenvalue weighted by atomic mass is 16.6. The van der Waals surface area contributed by atoms with E-state index in [9.17, 15) is 4.79 Å². The van der Waals surface area contributed by atoms with E-state index in [1.807, 2.05) is 45.2 Å². The monoisotopic (exact) mass is 418 g/mol. The van der Waals surface area contributed by atoms with Crippen LogP contribution in [0.1, 0.15) is 43.3 Å². The Balaban J connectivity index is 1.41. The summed E-state index contributed by atoms with van der Waals surface area (Å²) in [5.74, 6) is 1.05. The number of carbonyl (C=O) groups excluding carboxylic acids is 1. The highest BCUT2D eigenvalue weighted by molar-refractivity contribution is 5.69. The zero-order valence-electron chi connectivity index (χ0n) is 17.6. The number of hydrogen-bond acceptors (Lipinski definition) is 7. The molecule has 9 nitrogen and oxygen atoms in total. The number of aromatic nitrogens is 4. The second-order valence-corrected chi connectivity index (χ2v) is 8.15. The van der Waals surface area contributed by atoms with Gasteiger partial charge in [0.2, 0.25) is 5.88 Å². The molecule has 0 bridgehead atoms. The SMILES string of the molecule is CC(C)(C)OC(=O)N1Cc2cn(-c3cccc(OCc4ccc(C#N)cn4)n3)nc2C1. The van der Waals surface area contributed by atoms with Gasteiger partial charge in [0, 0.05) is 24.0 Å². The largest absolute Gasteiger partial charge is 0.471 e. The molecular weight excluding hydrogens is 396 g/mol. The van der Waals surface area contributed by atoms with E-state index in [0.29, 0.717) is 36.0 Å². The molecular formula is C22H22N6O3. The predicted octanol–water partition coefficient (Wildman–Crippen LogP) is 3.36. The quantitative estimate of drug-likeness (QED) is 0.639. The van der Waals surface area contributed by atoms with Gasteiger partial charge in [0.05, 0.1) is 30.0 Å². The molecule has 0 N–H and O–H groups in total. The summed E-state index contributed by atoms with van der Waals surface area (Å²) in [7, 11) is 0. The number of ether oxygens (including phenoxy) is 2. The van der Waals surface area contributed by atoms with Gasteiger partial charge in [-0.2, -0.15) is 15.3 Å². The summed E-state index contributed by atoms with van der Waals surface area (Å²) in [6.07, 6.45) is 3.03. The van der Waals surface area contributed by atoms with Crippen LogP contribution in [0.3, 0.4) is 0 Å². The standard InChI is InChI=1S/C22H22N6O3/c1-22(2,3)31-21(29)27-11-16-12-28(26-18(16)13-27)19-5-4-6-20(25-19)30-14-17-8-7-15(9-23)10-24-17/h4-8,10,12H,11,13-14H2,1-3H3. The molecule has 3 aromatic heterocycles. The molecule has 31 heavy (non-hydrogen) atoms. The van der Waals surface area contributed by atoms with Crippen molar-refractivity contribution in [3.05, 3.63) is 65.2 Å². The Labute approximate surface area is 179 Å². The van der Waals surface area contributed by atoms with Crippen LogP contribution in [0.25, 0.3) is 5.82 Å². The third-order valence-electron chi connectivity index (χ3n) is 4.50. The summed E-state index contributed by atoms with van der Waals surface area (Å²) in [5.41, 5.74) is 2.45. The number of fused-ring (bicyclic) bond motifs is 1. The molecule has 3 aromatic rings. The molecule has 4 heterocycles. The van der Waals surface area contributed by atoms with Crippen LogP contribution < -0.4 is 4.74 Å². The fourth-order valence-electron chi connectivity index (χ4n) is 3.06. The molecule has 1 aliphatic rings. The van der Waals surface area contributed by atoms with Crippen molar-refractivity contribution >= 4 is 6.09 Å². The van der Waals surface area contributed by atoms with Crippen LogP contribution in [0.15, 0.2) is 42.7 Å². The van der Waals surface area contributed by atoms with E-state index in [1.54, 1.807) is 27.8 Å². The Bertz CT molecular complexity index is 1120. The summed E-state index contributed by atoms with van der Waals surface area (Å²) >= 11 is 0. The lowest BCUT2D eigenvalue weighted by molar-refractivity contribution is 0.0239. The number of pyridine rings is 2. The van der Waals surface area contributed by atoms with Crippen molar-refractivity contribution in [1.82, 2.24) is 24.6 Å². The smallest absolute Gasteiger partial charge is 0.410 e. The maximum Gasteiger partial charge on any atom is 0.410 e. The molecule has 0 fully saturated rings. The molecule has 4 rings (SSSR count). The fraction of sp³-hybridized carbons (Fsp3) is 0.318. The van der Waals surface area contributed by atoms with Crippen molar-refractivity contribution < 1.29 is 14.3 Å². The van der Waals surface area contributed by atoms with E-state index in [4.69, 9.17) is 14.7 Å². The van der Waals surface area contributed by atoms with Crippen molar-refractivity contribution in [2.45, 2.75) is 46.1 Å². The molecule has 0 atom stereocenters. The van der Waals surface area contributed by atoms with Crippen LogP contribution in [-0.2, 0) is 24.4 Å². The molecule has 0 aliphatic carbocycles. The van der Waals surface area contributed by atoms with Crippen molar-refractivity contribution in [1.29, 1.82) is 5.26 Å². The first-order chi connectivity index (χ1) is 14.8. The first kappa shape index (κ1) is 20.3. The lowest BCUT2D eigenvalue weighted by Crippen LogP contribution is -2.33. The molecule has 0 unspecified atom stereocenters. The lowest BCUT2D eigenvalue weighted by Gasteiger charge is -2.24. The zero-order chi connectivity index (χ0) is 22.0.